The smallest absolute Gasteiger partial charge is 0.325 e. The Morgan fingerprint density at radius 3 is 2.44 bits per heavy atom. The zero-order valence-electron chi connectivity index (χ0n) is 15.4. The van der Waals surface area contributed by atoms with Crippen molar-refractivity contribution in [3.8, 4) is 0 Å². The van der Waals surface area contributed by atoms with Crippen LogP contribution in [0.2, 0.25) is 0 Å². The zero-order chi connectivity index (χ0) is 19.8. The number of hydrogen-bond donors (Lipinski definition) is 2. The van der Waals surface area contributed by atoms with Gasteiger partial charge in [-0.1, -0.05) is 35.9 Å². The summed E-state index contributed by atoms with van der Waals surface area (Å²) in [6, 6.07) is 14.3. The quantitative estimate of drug-likeness (QED) is 0.584. The molecule has 0 unspecified atom stereocenters. The van der Waals surface area contributed by atoms with Gasteiger partial charge in [-0.05, 0) is 44.5 Å². The SMILES string of the molecule is Cc1ccc(NC(=O)NC(=O)COC(=O)[C@H](C)Sc2ccccc2)c(C)c1. The number of amides is 3. The highest BCUT2D eigenvalue weighted by molar-refractivity contribution is 8.00. The number of urea groups is 1. The number of anilines is 1. The molecule has 1 atom stereocenters. The highest BCUT2D eigenvalue weighted by atomic mass is 32.2. The summed E-state index contributed by atoms with van der Waals surface area (Å²) >= 11 is 1.34. The van der Waals surface area contributed by atoms with Crippen LogP contribution in [-0.4, -0.2) is 29.8 Å². The second kappa shape index (κ2) is 9.78. The number of rotatable bonds is 6. The molecule has 0 spiro atoms. The van der Waals surface area contributed by atoms with Gasteiger partial charge in [0.15, 0.2) is 6.61 Å². The van der Waals surface area contributed by atoms with Gasteiger partial charge >= 0.3 is 12.0 Å². The first-order chi connectivity index (χ1) is 12.8. The molecule has 0 heterocycles. The Hall–Kier alpha value is -2.80. The van der Waals surface area contributed by atoms with E-state index in [9.17, 15) is 14.4 Å². The Morgan fingerprint density at radius 1 is 1.07 bits per heavy atom. The van der Waals surface area contributed by atoms with E-state index in [-0.39, 0.29) is 0 Å². The summed E-state index contributed by atoms with van der Waals surface area (Å²) < 4.78 is 4.98. The maximum absolute atomic E-state index is 12.0. The van der Waals surface area contributed by atoms with Crippen LogP contribution in [0.5, 0.6) is 0 Å². The molecule has 0 saturated carbocycles. The lowest BCUT2D eigenvalue weighted by Crippen LogP contribution is -2.37. The molecule has 6 nitrogen and oxygen atoms in total. The van der Waals surface area contributed by atoms with Crippen LogP contribution in [0.15, 0.2) is 53.4 Å². The van der Waals surface area contributed by atoms with Gasteiger partial charge in [-0.2, -0.15) is 0 Å². The molecule has 142 valence electrons. The van der Waals surface area contributed by atoms with Crippen LogP contribution < -0.4 is 10.6 Å². The topological polar surface area (TPSA) is 84.5 Å². The monoisotopic (exact) mass is 386 g/mol. The molecule has 2 rings (SSSR count). The summed E-state index contributed by atoms with van der Waals surface area (Å²) in [5, 5.41) is 4.27. The van der Waals surface area contributed by atoms with Gasteiger partial charge in [0.2, 0.25) is 0 Å². The number of thioether (sulfide) groups is 1. The molecule has 2 aromatic carbocycles. The van der Waals surface area contributed by atoms with Crippen LogP contribution in [0.3, 0.4) is 0 Å². The molecule has 0 aliphatic carbocycles. The first kappa shape index (κ1) is 20.5. The van der Waals surface area contributed by atoms with Crippen molar-refractivity contribution >= 4 is 35.4 Å². The molecule has 0 aromatic heterocycles. The number of esters is 1. The number of aryl methyl sites for hydroxylation is 2. The van der Waals surface area contributed by atoms with E-state index in [1.165, 1.54) is 11.8 Å². The van der Waals surface area contributed by atoms with Crippen LogP contribution >= 0.6 is 11.8 Å². The summed E-state index contributed by atoms with van der Waals surface area (Å²) in [6.07, 6.45) is 0. The van der Waals surface area contributed by atoms with Crippen molar-refractivity contribution in [1.29, 1.82) is 0 Å². The van der Waals surface area contributed by atoms with Crippen molar-refractivity contribution in [2.45, 2.75) is 30.9 Å². The second-order valence-corrected chi connectivity index (χ2v) is 7.42. The highest BCUT2D eigenvalue weighted by Crippen LogP contribution is 2.23. The number of benzene rings is 2. The minimum atomic E-state index is -0.692. The highest BCUT2D eigenvalue weighted by Gasteiger charge is 2.18. The van der Waals surface area contributed by atoms with Crippen molar-refractivity contribution in [2.75, 3.05) is 11.9 Å². The van der Waals surface area contributed by atoms with E-state index in [1.807, 2.05) is 56.3 Å². The normalized spacial score (nSPS) is 11.4. The molecule has 0 saturated heterocycles. The number of nitrogens with one attached hydrogen (secondary N) is 2. The molecule has 0 fully saturated rings. The standard InChI is InChI=1S/C20H22N2O4S/c1-13-9-10-17(14(2)11-13)21-20(25)22-18(23)12-26-19(24)15(3)27-16-7-5-4-6-8-16/h4-11,15H,12H2,1-3H3,(H2,21,22,23,25)/t15-/m0/s1. The zero-order valence-corrected chi connectivity index (χ0v) is 16.3. The second-order valence-electron chi connectivity index (χ2n) is 6.00. The lowest BCUT2D eigenvalue weighted by atomic mass is 10.1. The minimum absolute atomic E-state index is 0.468. The first-order valence-electron chi connectivity index (χ1n) is 8.41. The fourth-order valence-corrected chi connectivity index (χ4v) is 3.16. The van der Waals surface area contributed by atoms with E-state index in [0.717, 1.165) is 16.0 Å². The van der Waals surface area contributed by atoms with Crippen LogP contribution in [0.1, 0.15) is 18.1 Å². The Labute approximate surface area is 162 Å². The summed E-state index contributed by atoms with van der Waals surface area (Å²) in [4.78, 5) is 36.6. The van der Waals surface area contributed by atoms with Gasteiger partial charge < -0.3 is 10.1 Å². The largest absolute Gasteiger partial charge is 0.455 e. The molecule has 0 aliphatic rings. The average molecular weight is 386 g/mol. The third kappa shape index (κ3) is 6.79. The van der Waals surface area contributed by atoms with E-state index >= 15 is 0 Å². The number of ether oxygens (including phenoxy) is 1. The van der Waals surface area contributed by atoms with Gasteiger partial charge in [-0.3, -0.25) is 14.9 Å². The van der Waals surface area contributed by atoms with E-state index < -0.39 is 29.8 Å². The van der Waals surface area contributed by atoms with E-state index in [4.69, 9.17) is 4.74 Å². The predicted octanol–water partition coefficient (Wildman–Crippen LogP) is 3.68. The summed E-state index contributed by atoms with van der Waals surface area (Å²) in [6.45, 7) is 4.99. The third-order valence-corrected chi connectivity index (χ3v) is 4.71. The van der Waals surface area contributed by atoms with Gasteiger partial charge in [-0.15, -0.1) is 11.8 Å². The number of imide groups is 1. The predicted molar refractivity (Wildman–Crippen MR) is 106 cm³/mol. The van der Waals surface area contributed by atoms with Crippen LogP contribution in [-0.2, 0) is 14.3 Å². The van der Waals surface area contributed by atoms with Crippen molar-refractivity contribution in [2.24, 2.45) is 0 Å². The molecule has 0 aliphatic heterocycles. The maximum Gasteiger partial charge on any atom is 0.325 e. The Morgan fingerprint density at radius 2 is 1.78 bits per heavy atom. The lowest BCUT2D eigenvalue weighted by molar-refractivity contribution is -0.147. The van der Waals surface area contributed by atoms with Gasteiger partial charge in [-0.25, -0.2) is 4.79 Å². The van der Waals surface area contributed by atoms with Gasteiger partial charge in [0, 0.05) is 10.6 Å². The first-order valence-corrected chi connectivity index (χ1v) is 9.29. The Kier molecular flexibility index (Phi) is 7.43. The van der Waals surface area contributed by atoms with Crippen LogP contribution in [0.4, 0.5) is 10.5 Å². The van der Waals surface area contributed by atoms with E-state index in [0.29, 0.717) is 5.69 Å². The summed E-state index contributed by atoms with van der Waals surface area (Å²) in [5.41, 5.74) is 2.57. The molecule has 2 aromatic rings. The molecule has 3 amide bonds. The third-order valence-electron chi connectivity index (χ3n) is 3.62. The molecule has 27 heavy (non-hydrogen) atoms. The molecule has 0 bridgehead atoms. The fourth-order valence-electron chi connectivity index (χ4n) is 2.28. The van der Waals surface area contributed by atoms with Crippen molar-refractivity contribution in [3.63, 3.8) is 0 Å². The Balaban J connectivity index is 1.76. The lowest BCUT2D eigenvalue weighted by Gasteiger charge is -2.12. The Bertz CT molecular complexity index is 824. The number of carbonyl (C=O) groups is 3. The van der Waals surface area contributed by atoms with Crippen LogP contribution in [0.25, 0.3) is 0 Å². The average Bonchev–Trinajstić information content (AvgIpc) is 2.62. The van der Waals surface area contributed by atoms with E-state index in [1.54, 1.807) is 13.0 Å². The number of carbonyl (C=O) groups excluding carboxylic acids is 3. The molecular weight excluding hydrogens is 364 g/mol. The van der Waals surface area contributed by atoms with Crippen LogP contribution in [0, 0.1) is 13.8 Å². The fraction of sp³-hybridized carbons (Fsp3) is 0.250. The molecular formula is C20H22N2O4S. The molecule has 2 N–H and O–H groups in total. The molecule has 0 radical (unpaired) electrons. The molecule has 7 heteroatoms. The van der Waals surface area contributed by atoms with Crippen molar-refractivity contribution in [1.82, 2.24) is 5.32 Å². The van der Waals surface area contributed by atoms with Crippen molar-refractivity contribution < 1.29 is 19.1 Å². The minimum Gasteiger partial charge on any atom is -0.455 e. The maximum atomic E-state index is 12.0. The van der Waals surface area contributed by atoms with Gasteiger partial charge in [0.25, 0.3) is 5.91 Å². The van der Waals surface area contributed by atoms with Crippen molar-refractivity contribution in [3.05, 3.63) is 59.7 Å². The van der Waals surface area contributed by atoms with Gasteiger partial charge in [0.05, 0.1) is 0 Å². The van der Waals surface area contributed by atoms with E-state index in [2.05, 4.69) is 10.6 Å². The van der Waals surface area contributed by atoms with Gasteiger partial charge in [0.1, 0.15) is 5.25 Å². The summed E-state index contributed by atoms with van der Waals surface area (Å²) in [7, 11) is 0. The number of hydrogen-bond acceptors (Lipinski definition) is 5. The summed E-state index contributed by atoms with van der Waals surface area (Å²) in [5.74, 6) is -1.21.